The van der Waals surface area contributed by atoms with Crippen molar-refractivity contribution in [2.75, 3.05) is 11.4 Å². The fraction of sp³-hybridized carbons (Fsp3) is 0.192. The molecule has 3 aromatic rings. The van der Waals surface area contributed by atoms with Crippen LogP contribution in [0.5, 0.6) is 0 Å². The second-order valence-corrected chi connectivity index (χ2v) is 14.1. The zero-order valence-electron chi connectivity index (χ0n) is 31.7. The van der Waals surface area contributed by atoms with Crippen LogP contribution in [0.3, 0.4) is 0 Å². The fourth-order valence-electron chi connectivity index (χ4n) is 7.26. The first kappa shape index (κ1) is 36.5. The second kappa shape index (κ2) is 18.8. The summed E-state index contributed by atoms with van der Waals surface area (Å²) < 4.78 is 0. The van der Waals surface area contributed by atoms with Crippen molar-refractivity contribution in [2.24, 2.45) is 0 Å². The highest BCUT2D eigenvalue weighted by atomic mass is 15.2. The molecule has 0 radical (unpaired) electrons. The maximum atomic E-state index is 2.46. The van der Waals surface area contributed by atoms with Gasteiger partial charge in [-0.3, -0.25) is 0 Å². The summed E-state index contributed by atoms with van der Waals surface area (Å²) in [5, 5.41) is 0. The van der Waals surface area contributed by atoms with E-state index in [4.69, 9.17) is 0 Å². The van der Waals surface area contributed by atoms with Crippen LogP contribution in [0.15, 0.2) is 198 Å². The molecular formula is C52H52N2. The monoisotopic (exact) mass is 704 g/mol. The lowest BCUT2D eigenvalue weighted by Crippen LogP contribution is -2.23. The molecule has 0 fully saturated rings. The van der Waals surface area contributed by atoms with Gasteiger partial charge in [-0.1, -0.05) is 152 Å². The molecule has 0 spiro atoms. The number of rotatable bonds is 13. The molecule has 0 bridgehead atoms. The van der Waals surface area contributed by atoms with E-state index in [9.17, 15) is 0 Å². The van der Waals surface area contributed by atoms with E-state index in [1.54, 1.807) is 0 Å². The molecule has 2 heteroatoms. The predicted molar refractivity (Wildman–Crippen MR) is 234 cm³/mol. The number of nitrogens with zero attached hydrogens (tertiary/aromatic N) is 2. The third kappa shape index (κ3) is 9.76. The zero-order valence-corrected chi connectivity index (χ0v) is 31.7. The van der Waals surface area contributed by atoms with Crippen molar-refractivity contribution >= 4 is 23.9 Å². The van der Waals surface area contributed by atoms with E-state index >= 15 is 0 Å². The average Bonchev–Trinajstić information content (AvgIpc) is 3.25. The van der Waals surface area contributed by atoms with Crippen LogP contribution < -0.4 is 4.90 Å². The highest BCUT2D eigenvalue weighted by Gasteiger charge is 2.17. The maximum Gasteiger partial charge on any atom is 0.0458 e. The van der Waals surface area contributed by atoms with Crippen molar-refractivity contribution in [1.29, 1.82) is 0 Å². The smallest absolute Gasteiger partial charge is 0.0458 e. The molecule has 7 rings (SSSR count). The number of anilines is 1. The molecule has 0 heterocycles. The molecule has 0 aromatic heterocycles. The molecule has 0 unspecified atom stereocenters. The van der Waals surface area contributed by atoms with E-state index in [2.05, 4.69) is 205 Å². The number of allylic oxidation sites excluding steroid dienone is 18. The topological polar surface area (TPSA) is 6.48 Å². The van der Waals surface area contributed by atoms with E-state index in [1.807, 2.05) is 0 Å². The average molecular weight is 705 g/mol. The van der Waals surface area contributed by atoms with Gasteiger partial charge in [0.05, 0.1) is 0 Å². The van der Waals surface area contributed by atoms with Gasteiger partial charge in [0.2, 0.25) is 0 Å². The van der Waals surface area contributed by atoms with E-state index in [1.165, 1.54) is 61.9 Å². The molecule has 4 aliphatic carbocycles. The van der Waals surface area contributed by atoms with Gasteiger partial charge in [-0.15, -0.1) is 0 Å². The Hall–Kier alpha value is -5.86. The van der Waals surface area contributed by atoms with Crippen molar-refractivity contribution in [3.63, 3.8) is 0 Å². The lowest BCUT2D eigenvalue weighted by Gasteiger charge is -2.30. The van der Waals surface area contributed by atoms with Gasteiger partial charge in [0, 0.05) is 35.0 Å². The molecule has 54 heavy (non-hydrogen) atoms. The van der Waals surface area contributed by atoms with Gasteiger partial charge < -0.3 is 9.80 Å². The van der Waals surface area contributed by atoms with Crippen molar-refractivity contribution in [2.45, 2.75) is 58.3 Å². The Labute approximate surface area is 323 Å². The summed E-state index contributed by atoms with van der Waals surface area (Å²) in [7, 11) is 0. The molecule has 0 saturated heterocycles. The van der Waals surface area contributed by atoms with Gasteiger partial charge in [-0.25, -0.2) is 0 Å². The molecule has 0 saturated carbocycles. The largest absolute Gasteiger partial charge is 0.342 e. The minimum absolute atomic E-state index is 0.865. The molecular weight excluding hydrogens is 653 g/mol. The third-order valence-corrected chi connectivity index (χ3v) is 10.3. The summed E-state index contributed by atoms with van der Waals surface area (Å²) in [4.78, 5) is 4.88. The Kier molecular flexibility index (Phi) is 12.7. The first-order chi connectivity index (χ1) is 26.7. The Morgan fingerprint density at radius 3 is 1.65 bits per heavy atom. The lowest BCUT2D eigenvalue weighted by molar-refractivity contribution is 0.460. The van der Waals surface area contributed by atoms with Gasteiger partial charge in [0.15, 0.2) is 0 Å². The van der Waals surface area contributed by atoms with Crippen molar-refractivity contribution in [3.05, 3.63) is 215 Å². The summed E-state index contributed by atoms with van der Waals surface area (Å²) in [5.74, 6) is 0. The zero-order chi connectivity index (χ0) is 36.8. The van der Waals surface area contributed by atoms with E-state index in [-0.39, 0.29) is 0 Å². The number of hydrogen-bond donors (Lipinski definition) is 0. The van der Waals surface area contributed by atoms with Crippen LogP contribution in [0.2, 0.25) is 0 Å². The standard InChI is InChI=1S/C52H52N2/c1-2-42(16-15-41-53(48-17-7-3-8-18-48)49-19-9-4-10-20-49)25-26-43-29-35-46(36-30-43)47-37-31-44(32-38-47)27-28-45-33-39-52(40-34-45)54(50-21-11-5-12-22-50)51-23-13-6-14-24-51/h2-3,5,7,9,11,13,15-17,19-21,23-40H,4,6,8,10,12,14,18,22,41H2,1H3/b16-15-,26-25+,28-27+,42-2+. The normalized spacial score (nSPS) is 17.2. The summed E-state index contributed by atoms with van der Waals surface area (Å²) in [6.07, 6.45) is 51.6. The van der Waals surface area contributed by atoms with Crippen molar-refractivity contribution < 1.29 is 0 Å². The van der Waals surface area contributed by atoms with E-state index < -0.39 is 0 Å². The van der Waals surface area contributed by atoms with Gasteiger partial charge >= 0.3 is 0 Å². The lowest BCUT2D eigenvalue weighted by atomic mass is 10.0. The van der Waals surface area contributed by atoms with Crippen LogP contribution in [0.1, 0.15) is 75.0 Å². The summed E-state index contributed by atoms with van der Waals surface area (Å²) in [6.45, 7) is 2.97. The van der Waals surface area contributed by atoms with Gasteiger partial charge in [0.25, 0.3) is 0 Å². The highest BCUT2D eigenvalue weighted by Crippen LogP contribution is 2.32. The quantitative estimate of drug-likeness (QED) is 0.129. The molecule has 0 amide bonds. The molecule has 270 valence electrons. The molecule has 2 nitrogen and oxygen atoms in total. The summed E-state index contributed by atoms with van der Waals surface area (Å²) in [5.41, 5.74) is 13.8. The minimum atomic E-state index is 0.865. The van der Waals surface area contributed by atoms with E-state index in [0.29, 0.717) is 0 Å². The fourth-order valence-corrected chi connectivity index (χ4v) is 7.26. The van der Waals surface area contributed by atoms with Gasteiger partial charge in [-0.2, -0.15) is 0 Å². The molecule has 0 N–H and O–H groups in total. The van der Waals surface area contributed by atoms with Crippen LogP contribution in [-0.4, -0.2) is 11.4 Å². The van der Waals surface area contributed by atoms with Crippen LogP contribution in [0, 0.1) is 0 Å². The van der Waals surface area contributed by atoms with Crippen LogP contribution >= 0.6 is 0 Å². The minimum Gasteiger partial charge on any atom is -0.342 e. The molecule has 3 aromatic carbocycles. The van der Waals surface area contributed by atoms with Crippen LogP contribution in [0.25, 0.3) is 29.4 Å². The van der Waals surface area contributed by atoms with E-state index in [0.717, 1.165) is 57.9 Å². The van der Waals surface area contributed by atoms with Gasteiger partial charge in [-0.05, 0) is 128 Å². The number of benzene rings is 3. The number of hydrogen-bond acceptors (Lipinski definition) is 2. The Balaban J connectivity index is 0.947. The molecule has 0 aliphatic heterocycles. The molecule has 0 atom stereocenters. The van der Waals surface area contributed by atoms with Crippen molar-refractivity contribution in [3.8, 4) is 11.1 Å². The first-order valence-electron chi connectivity index (χ1n) is 19.8. The highest BCUT2D eigenvalue weighted by molar-refractivity contribution is 5.74. The van der Waals surface area contributed by atoms with Crippen LogP contribution in [0.4, 0.5) is 5.69 Å². The SMILES string of the molecule is C/C=C(\C=C/CN(C1=CCCC=C1)C1=CC=CCC1)/C=C/c1ccc(-c2ccc(/C=C/c3ccc(N(C4=CCCC=C4)C4=CC=CCC4)cc3)cc2)cc1. The second-order valence-electron chi connectivity index (χ2n) is 14.1. The summed E-state index contributed by atoms with van der Waals surface area (Å²) >= 11 is 0. The van der Waals surface area contributed by atoms with Crippen LogP contribution in [-0.2, 0) is 0 Å². The Morgan fingerprint density at radius 1 is 0.556 bits per heavy atom. The Morgan fingerprint density at radius 2 is 1.11 bits per heavy atom. The van der Waals surface area contributed by atoms with Crippen molar-refractivity contribution in [1.82, 2.24) is 4.90 Å². The Bertz CT molecular complexity index is 2110. The summed E-state index contributed by atoms with van der Waals surface area (Å²) in [6, 6.07) is 26.6. The van der Waals surface area contributed by atoms with Gasteiger partial charge in [0.1, 0.15) is 0 Å². The third-order valence-electron chi connectivity index (χ3n) is 10.3. The molecule has 4 aliphatic rings. The maximum absolute atomic E-state index is 2.46. The predicted octanol–water partition coefficient (Wildman–Crippen LogP) is 14.1. The first-order valence-corrected chi connectivity index (χ1v) is 19.8.